The number of para-hydroxylation sites is 1. The fourth-order valence-electron chi connectivity index (χ4n) is 4.44. The Morgan fingerprint density at radius 2 is 0.952 bits per heavy atom. The molecule has 0 atom stereocenters. The Kier molecular flexibility index (Phi) is 7.15. The van der Waals surface area contributed by atoms with Gasteiger partial charge in [-0.3, -0.25) is 24.1 Å². The highest BCUT2D eigenvalue weighted by molar-refractivity contribution is 7.86. The minimum absolute atomic E-state index is 0.106. The monoisotopic (exact) mass is 619 g/mol. The molecule has 42 heavy (non-hydrogen) atoms. The fourth-order valence-corrected chi connectivity index (χ4v) is 7.14. The molecule has 0 amide bonds. The van der Waals surface area contributed by atoms with Gasteiger partial charge in [0.05, 0.1) is 0 Å². The van der Waals surface area contributed by atoms with Crippen molar-refractivity contribution in [1.82, 2.24) is 15.0 Å². The second-order valence-corrected chi connectivity index (χ2v) is 12.9. The number of benzene rings is 3. The van der Waals surface area contributed by atoms with E-state index in [0.29, 0.717) is 11.3 Å². The van der Waals surface area contributed by atoms with E-state index in [1.807, 2.05) is 12.1 Å². The number of aromatic nitrogens is 3. The molecule has 6 aromatic rings. The summed E-state index contributed by atoms with van der Waals surface area (Å²) >= 11 is -3.40. The molecular weight excluding hydrogens is 601 g/mol. The Morgan fingerprint density at radius 1 is 0.524 bits per heavy atom. The number of nitrogens with zero attached hydrogens (tertiary/aromatic N) is 3. The lowest BCUT2D eigenvalue weighted by atomic mass is 10.2. The van der Waals surface area contributed by atoms with Crippen molar-refractivity contribution in [3.05, 3.63) is 97.5 Å². The molecule has 0 saturated heterocycles. The fraction of sp³-hybridized carbons (Fsp3) is 0. The molecule has 2 N–H and O–H groups in total. The molecule has 12 nitrogen and oxygen atoms in total. The first-order valence-corrected chi connectivity index (χ1v) is 16.4. The third-order valence-corrected chi connectivity index (χ3v) is 9.37. The molecule has 3 heterocycles. The van der Waals surface area contributed by atoms with Gasteiger partial charge in [0, 0.05) is 34.7 Å². The molecule has 3 aromatic carbocycles. The highest BCUT2D eigenvalue weighted by atomic mass is 32.2. The van der Waals surface area contributed by atoms with E-state index in [4.69, 9.17) is 11.4 Å². The predicted octanol–water partition coefficient (Wildman–Crippen LogP) is 4.35. The zero-order chi connectivity index (χ0) is 29.5. The van der Waals surface area contributed by atoms with Crippen LogP contribution in [-0.2, 0) is 20.2 Å². The van der Waals surface area contributed by atoms with Crippen LogP contribution in [0.5, 0.6) is 17.2 Å². The lowest BCUT2D eigenvalue weighted by Gasteiger charge is -2.19. The molecule has 3 aromatic heterocycles. The van der Waals surface area contributed by atoms with Crippen molar-refractivity contribution >= 4 is 68.1 Å². The average molecular weight is 620 g/mol. The standard InChI is InChI=1S/2C9H7NO4S.C9H7NO.Al/c2*11-7-3-4-8(15(12,13)14)6-2-1-5-10-9(6)7;11-8-5-1-3-7-4-2-6-10-9(7)8;/h2*1-5,11H,(H,12,13,14);1-6,11H;/q;;;+3/p-3. The van der Waals surface area contributed by atoms with Crippen LogP contribution in [0.1, 0.15) is 0 Å². The number of rotatable bonds is 8. The minimum Gasteiger partial charge on any atom is -0.576 e. The maximum atomic E-state index is 12.0. The third-order valence-electron chi connectivity index (χ3n) is 6.21. The van der Waals surface area contributed by atoms with Crippen LogP contribution in [0.3, 0.4) is 0 Å². The van der Waals surface area contributed by atoms with Crippen molar-refractivity contribution in [3.8, 4) is 17.2 Å². The molecule has 0 bridgehead atoms. The molecule has 0 saturated carbocycles. The third kappa shape index (κ3) is 5.44. The smallest absolute Gasteiger partial charge is 0.576 e. The Labute approximate surface area is 244 Å². The van der Waals surface area contributed by atoms with Crippen LogP contribution in [0, 0.1) is 0 Å². The molecule has 0 unspecified atom stereocenters. The summed E-state index contributed by atoms with van der Waals surface area (Å²) in [6.45, 7) is 0. The molecule has 210 valence electrons. The van der Waals surface area contributed by atoms with Crippen molar-refractivity contribution in [2.45, 2.75) is 9.79 Å². The Balaban J connectivity index is 1.48. The summed E-state index contributed by atoms with van der Waals surface area (Å²) in [6, 6.07) is 19.9. The molecule has 0 radical (unpaired) electrons. The number of hydrogen-bond donors (Lipinski definition) is 2. The van der Waals surface area contributed by atoms with E-state index >= 15 is 0 Å². The first-order valence-electron chi connectivity index (χ1n) is 12.1. The van der Waals surface area contributed by atoms with Gasteiger partial charge in [-0.05, 0) is 60.7 Å². The lowest BCUT2D eigenvalue weighted by molar-refractivity contribution is 0.311. The normalized spacial score (nSPS) is 12.0. The van der Waals surface area contributed by atoms with E-state index in [2.05, 4.69) is 15.0 Å². The first kappa shape index (κ1) is 27.8. The molecule has 0 spiro atoms. The average Bonchev–Trinajstić information content (AvgIpc) is 2.96. The van der Waals surface area contributed by atoms with Gasteiger partial charge in [-0.25, -0.2) is 0 Å². The van der Waals surface area contributed by atoms with Crippen molar-refractivity contribution in [3.63, 3.8) is 0 Å². The van der Waals surface area contributed by atoms with Crippen LogP contribution in [0.15, 0.2) is 107 Å². The van der Waals surface area contributed by atoms with Crippen molar-refractivity contribution in [2.75, 3.05) is 0 Å². The van der Waals surface area contributed by atoms with E-state index in [1.165, 1.54) is 60.9 Å². The zero-order valence-corrected chi connectivity index (χ0v) is 24.0. The summed E-state index contributed by atoms with van der Waals surface area (Å²) in [5.74, 6) is 0.549. The summed E-state index contributed by atoms with van der Waals surface area (Å²) in [7, 11) is -9.14. The van der Waals surface area contributed by atoms with Gasteiger partial charge in [0.15, 0.2) is 0 Å². The van der Waals surface area contributed by atoms with Crippen LogP contribution in [0.4, 0.5) is 0 Å². The molecule has 0 aliphatic heterocycles. The van der Waals surface area contributed by atoms with Crippen molar-refractivity contribution < 1.29 is 37.3 Å². The highest BCUT2D eigenvalue weighted by Gasteiger charge is 2.46. The van der Waals surface area contributed by atoms with E-state index in [0.717, 1.165) is 5.39 Å². The van der Waals surface area contributed by atoms with Crippen LogP contribution in [-0.4, -0.2) is 56.0 Å². The largest absolute Gasteiger partial charge is 1.20 e. The molecular formula is C27H18AlN3O9S2. The van der Waals surface area contributed by atoms with E-state index in [9.17, 15) is 25.9 Å². The predicted molar refractivity (Wildman–Crippen MR) is 152 cm³/mol. The van der Waals surface area contributed by atoms with Crippen LogP contribution < -0.4 is 11.4 Å². The second kappa shape index (κ2) is 10.8. The van der Waals surface area contributed by atoms with Crippen molar-refractivity contribution in [2.24, 2.45) is 0 Å². The van der Waals surface area contributed by atoms with Crippen LogP contribution >= 0.6 is 0 Å². The number of pyridine rings is 3. The quantitative estimate of drug-likeness (QED) is 0.182. The molecule has 0 aliphatic carbocycles. The van der Waals surface area contributed by atoms with Gasteiger partial charge < -0.3 is 11.4 Å². The number of hydrogen-bond acceptors (Lipinski definition) is 10. The van der Waals surface area contributed by atoms with Gasteiger partial charge in [0.1, 0.15) is 43.6 Å². The first-order chi connectivity index (χ1) is 20.1. The van der Waals surface area contributed by atoms with Gasteiger partial charge in [0.2, 0.25) is 0 Å². The maximum absolute atomic E-state index is 12.0. The summed E-state index contributed by atoms with van der Waals surface area (Å²) in [5.41, 5.74) is 0.773. The summed E-state index contributed by atoms with van der Waals surface area (Å²) in [6.07, 6.45) is 4.47. The molecule has 6 rings (SSSR count). The Morgan fingerprint density at radius 3 is 1.45 bits per heavy atom. The molecule has 0 aliphatic rings. The summed E-state index contributed by atoms with van der Waals surface area (Å²) in [5, 5.41) is 1.01. The van der Waals surface area contributed by atoms with Crippen LogP contribution in [0.2, 0.25) is 0 Å². The molecule has 15 heteroatoms. The van der Waals surface area contributed by atoms with Gasteiger partial charge in [-0.15, -0.1) is 0 Å². The SMILES string of the molecule is O=S(=O)(O)c1ccc([O][Al]([O]c2cccc3cccnc23)[O]c2ccc(S(=O)(=O)O)c3cccnc23)c2ncccc12. The van der Waals surface area contributed by atoms with Crippen molar-refractivity contribution in [1.29, 1.82) is 0 Å². The van der Waals surface area contributed by atoms with Gasteiger partial charge >= 0.3 is 15.1 Å². The minimum atomic E-state index is -4.57. The summed E-state index contributed by atoms with van der Waals surface area (Å²) < 4.78 is 86.1. The highest BCUT2D eigenvalue weighted by Crippen LogP contribution is 2.33. The lowest BCUT2D eigenvalue weighted by Crippen LogP contribution is -2.37. The number of fused-ring (bicyclic) bond motifs is 3. The van der Waals surface area contributed by atoms with E-state index in [1.54, 1.807) is 24.4 Å². The maximum Gasteiger partial charge on any atom is 1.20 e. The van der Waals surface area contributed by atoms with Crippen LogP contribution in [0.25, 0.3) is 32.7 Å². The van der Waals surface area contributed by atoms with E-state index in [-0.39, 0.29) is 43.1 Å². The van der Waals surface area contributed by atoms with E-state index < -0.39 is 35.4 Å². The zero-order valence-electron chi connectivity index (χ0n) is 21.2. The van der Waals surface area contributed by atoms with Gasteiger partial charge in [0.25, 0.3) is 20.2 Å². The Hall–Kier alpha value is -4.36. The second-order valence-electron chi connectivity index (χ2n) is 8.85. The summed E-state index contributed by atoms with van der Waals surface area (Å²) in [4.78, 5) is 12.2. The molecule has 0 fully saturated rings. The van der Waals surface area contributed by atoms with Gasteiger partial charge in [-0.1, -0.05) is 18.2 Å². The topological polar surface area (TPSA) is 175 Å². The van der Waals surface area contributed by atoms with Gasteiger partial charge in [-0.2, -0.15) is 16.8 Å². The Bertz CT molecular complexity index is 2090.